The first kappa shape index (κ1) is 20.5. The summed E-state index contributed by atoms with van der Waals surface area (Å²) in [6, 6.07) is 14.8. The zero-order valence-electron chi connectivity index (χ0n) is 15.8. The molecule has 5 heteroatoms. The van der Waals surface area contributed by atoms with Crippen molar-refractivity contribution in [2.75, 3.05) is 33.4 Å². The van der Waals surface area contributed by atoms with E-state index in [9.17, 15) is 0 Å². The summed E-state index contributed by atoms with van der Waals surface area (Å²) in [7, 11) is 1.72. The molecule has 1 unspecified atom stereocenters. The molecule has 0 amide bonds. The van der Waals surface area contributed by atoms with Gasteiger partial charge in [-0.05, 0) is 55.1 Å². The molecule has 0 radical (unpaired) electrons. The lowest BCUT2D eigenvalue weighted by atomic mass is 9.96. The molecule has 1 aromatic heterocycles. The highest BCUT2D eigenvalue weighted by Gasteiger charge is 2.07. The van der Waals surface area contributed by atoms with Crippen LogP contribution in [0.25, 0.3) is 0 Å². The summed E-state index contributed by atoms with van der Waals surface area (Å²) in [6.45, 7) is 4.88. The van der Waals surface area contributed by atoms with Gasteiger partial charge in [0.15, 0.2) is 0 Å². The summed E-state index contributed by atoms with van der Waals surface area (Å²) in [5.74, 6) is 0.508. The zero-order valence-corrected chi connectivity index (χ0v) is 15.8. The third kappa shape index (κ3) is 8.06. The van der Waals surface area contributed by atoms with Gasteiger partial charge in [0.25, 0.3) is 0 Å². The first-order valence-corrected chi connectivity index (χ1v) is 9.40. The molecule has 0 fully saturated rings. The van der Waals surface area contributed by atoms with E-state index >= 15 is 0 Å². The molecule has 2 rings (SSSR count). The highest BCUT2D eigenvalue weighted by atomic mass is 16.5. The molecule has 0 aliphatic rings. The van der Waals surface area contributed by atoms with Gasteiger partial charge in [0.1, 0.15) is 0 Å². The number of rotatable bonds is 13. The van der Waals surface area contributed by atoms with Gasteiger partial charge in [-0.15, -0.1) is 0 Å². The number of pyridine rings is 1. The second kappa shape index (κ2) is 12.5. The van der Waals surface area contributed by atoms with Crippen LogP contribution in [0, 0.1) is 5.92 Å². The third-order valence-electron chi connectivity index (χ3n) is 4.43. The molecule has 0 aliphatic heterocycles. The normalized spacial score (nSPS) is 12.2. The van der Waals surface area contributed by atoms with Crippen molar-refractivity contribution in [2.45, 2.75) is 25.9 Å². The predicted octanol–water partition coefficient (Wildman–Crippen LogP) is 2.11. The number of nitrogens with one attached hydrogen (secondary N) is 2. The molecule has 0 saturated heterocycles. The van der Waals surface area contributed by atoms with Gasteiger partial charge in [0.2, 0.25) is 0 Å². The standard InChI is InChI=1S/C21H32N4O/c1-26-12-11-24-16-20-8-10-25-21(14-20)17-23-9-7-19(15-22)13-18-5-3-2-4-6-18/h2-6,8,10,14,19,23-24H,7,9,11-13,15-17,22H2,1H3. The summed E-state index contributed by atoms with van der Waals surface area (Å²) in [6.07, 6.45) is 3.99. The van der Waals surface area contributed by atoms with Gasteiger partial charge >= 0.3 is 0 Å². The molecule has 1 atom stereocenters. The number of ether oxygens (including phenoxy) is 1. The maximum absolute atomic E-state index is 5.95. The summed E-state index contributed by atoms with van der Waals surface area (Å²) < 4.78 is 5.04. The average molecular weight is 357 g/mol. The Morgan fingerprint density at radius 1 is 1.04 bits per heavy atom. The van der Waals surface area contributed by atoms with E-state index in [-0.39, 0.29) is 0 Å². The molecular weight excluding hydrogens is 324 g/mol. The SMILES string of the molecule is COCCNCc1ccnc(CNCCC(CN)Cc2ccccc2)c1. The fraction of sp³-hybridized carbons (Fsp3) is 0.476. The summed E-state index contributed by atoms with van der Waals surface area (Å²) in [5, 5.41) is 6.85. The van der Waals surface area contributed by atoms with Crippen LogP contribution in [-0.2, 0) is 24.2 Å². The summed E-state index contributed by atoms with van der Waals surface area (Å²) in [5.41, 5.74) is 9.63. The minimum Gasteiger partial charge on any atom is -0.383 e. The minimum atomic E-state index is 0.508. The monoisotopic (exact) mass is 356 g/mol. The molecule has 0 aliphatic carbocycles. The lowest BCUT2D eigenvalue weighted by Gasteiger charge is -2.15. The number of hydrogen-bond acceptors (Lipinski definition) is 5. The van der Waals surface area contributed by atoms with Crippen molar-refractivity contribution >= 4 is 0 Å². The maximum atomic E-state index is 5.95. The topological polar surface area (TPSA) is 72.2 Å². The Hall–Kier alpha value is -1.79. The number of hydrogen-bond donors (Lipinski definition) is 3. The van der Waals surface area contributed by atoms with Crippen molar-refractivity contribution in [1.82, 2.24) is 15.6 Å². The number of aromatic nitrogens is 1. The van der Waals surface area contributed by atoms with Gasteiger partial charge in [0.05, 0.1) is 12.3 Å². The molecule has 26 heavy (non-hydrogen) atoms. The number of nitrogens with zero attached hydrogens (tertiary/aromatic N) is 1. The minimum absolute atomic E-state index is 0.508. The second-order valence-electron chi connectivity index (χ2n) is 6.58. The van der Waals surface area contributed by atoms with E-state index in [1.54, 1.807) is 7.11 Å². The van der Waals surface area contributed by atoms with Crippen LogP contribution in [0.5, 0.6) is 0 Å². The zero-order chi connectivity index (χ0) is 18.5. The van der Waals surface area contributed by atoms with Gasteiger partial charge in [-0.3, -0.25) is 4.98 Å². The molecule has 1 aromatic carbocycles. The molecule has 4 N–H and O–H groups in total. The smallest absolute Gasteiger partial charge is 0.0587 e. The number of benzene rings is 1. The lowest BCUT2D eigenvalue weighted by Crippen LogP contribution is -2.24. The highest BCUT2D eigenvalue weighted by Crippen LogP contribution is 2.11. The number of methoxy groups -OCH3 is 1. The van der Waals surface area contributed by atoms with Crippen molar-refractivity contribution in [3.05, 3.63) is 65.5 Å². The first-order chi connectivity index (χ1) is 12.8. The predicted molar refractivity (Wildman–Crippen MR) is 107 cm³/mol. The molecule has 0 spiro atoms. The van der Waals surface area contributed by atoms with Crippen molar-refractivity contribution in [1.29, 1.82) is 0 Å². The summed E-state index contributed by atoms with van der Waals surface area (Å²) >= 11 is 0. The summed E-state index contributed by atoms with van der Waals surface area (Å²) in [4.78, 5) is 4.45. The van der Waals surface area contributed by atoms with Crippen LogP contribution in [-0.4, -0.2) is 38.3 Å². The average Bonchev–Trinajstić information content (AvgIpc) is 2.69. The van der Waals surface area contributed by atoms with Crippen LogP contribution < -0.4 is 16.4 Å². The second-order valence-corrected chi connectivity index (χ2v) is 6.58. The molecule has 142 valence electrons. The Kier molecular flexibility index (Phi) is 9.90. The molecule has 5 nitrogen and oxygen atoms in total. The Bertz CT molecular complexity index is 606. The van der Waals surface area contributed by atoms with Crippen LogP contribution in [0.15, 0.2) is 48.7 Å². The van der Waals surface area contributed by atoms with Crippen molar-refractivity contribution in [3.63, 3.8) is 0 Å². The van der Waals surface area contributed by atoms with E-state index in [1.807, 2.05) is 12.3 Å². The molecular formula is C21H32N4O. The van der Waals surface area contributed by atoms with E-state index in [0.29, 0.717) is 5.92 Å². The largest absolute Gasteiger partial charge is 0.383 e. The Balaban J connectivity index is 1.68. The van der Waals surface area contributed by atoms with E-state index < -0.39 is 0 Å². The van der Waals surface area contributed by atoms with E-state index in [4.69, 9.17) is 10.5 Å². The van der Waals surface area contributed by atoms with Crippen LogP contribution in [0.2, 0.25) is 0 Å². The quantitative estimate of drug-likeness (QED) is 0.480. The highest BCUT2D eigenvalue weighted by molar-refractivity contribution is 5.16. The molecule has 2 aromatic rings. The van der Waals surface area contributed by atoms with E-state index in [2.05, 4.69) is 52.0 Å². The van der Waals surface area contributed by atoms with Gasteiger partial charge in [0, 0.05) is 32.9 Å². The Morgan fingerprint density at radius 3 is 2.62 bits per heavy atom. The molecule has 0 bridgehead atoms. The van der Waals surface area contributed by atoms with Gasteiger partial charge in [-0.2, -0.15) is 0 Å². The van der Waals surface area contributed by atoms with Crippen LogP contribution in [0.3, 0.4) is 0 Å². The third-order valence-corrected chi connectivity index (χ3v) is 4.43. The van der Waals surface area contributed by atoms with Gasteiger partial charge in [-0.25, -0.2) is 0 Å². The van der Waals surface area contributed by atoms with Crippen LogP contribution in [0.1, 0.15) is 23.2 Å². The fourth-order valence-corrected chi connectivity index (χ4v) is 2.92. The Morgan fingerprint density at radius 2 is 1.85 bits per heavy atom. The Labute approximate surface area is 157 Å². The fourth-order valence-electron chi connectivity index (χ4n) is 2.92. The lowest BCUT2D eigenvalue weighted by molar-refractivity contribution is 0.199. The molecule has 1 heterocycles. The first-order valence-electron chi connectivity index (χ1n) is 9.40. The van der Waals surface area contributed by atoms with Crippen molar-refractivity contribution in [3.8, 4) is 0 Å². The molecule has 0 saturated carbocycles. The van der Waals surface area contributed by atoms with Crippen molar-refractivity contribution < 1.29 is 4.74 Å². The van der Waals surface area contributed by atoms with Gasteiger partial charge < -0.3 is 21.1 Å². The van der Waals surface area contributed by atoms with E-state index in [1.165, 1.54) is 11.1 Å². The van der Waals surface area contributed by atoms with Crippen molar-refractivity contribution in [2.24, 2.45) is 11.7 Å². The number of nitrogens with two attached hydrogens (primary N) is 1. The van der Waals surface area contributed by atoms with Crippen LogP contribution >= 0.6 is 0 Å². The maximum Gasteiger partial charge on any atom is 0.0587 e. The van der Waals surface area contributed by atoms with Gasteiger partial charge in [-0.1, -0.05) is 30.3 Å². The van der Waals surface area contributed by atoms with Crippen LogP contribution in [0.4, 0.5) is 0 Å². The van der Waals surface area contributed by atoms with E-state index in [0.717, 1.165) is 57.9 Å².